The summed E-state index contributed by atoms with van der Waals surface area (Å²) in [5.41, 5.74) is 2.02. The van der Waals surface area contributed by atoms with E-state index in [2.05, 4.69) is 41.8 Å². The van der Waals surface area contributed by atoms with Crippen molar-refractivity contribution in [3.63, 3.8) is 0 Å². The van der Waals surface area contributed by atoms with Crippen molar-refractivity contribution in [2.24, 2.45) is 0 Å². The number of hydrogen-bond donors (Lipinski definition) is 2. The number of benzene rings is 1. The quantitative estimate of drug-likeness (QED) is 0.467. The van der Waals surface area contributed by atoms with Gasteiger partial charge in [-0.25, -0.2) is 0 Å². The second-order valence-electron chi connectivity index (χ2n) is 6.29. The highest BCUT2D eigenvalue weighted by Crippen LogP contribution is 2.21. The average Bonchev–Trinajstić information content (AvgIpc) is 3.28. The van der Waals surface area contributed by atoms with Gasteiger partial charge in [0.1, 0.15) is 6.54 Å². The lowest BCUT2D eigenvalue weighted by Gasteiger charge is -2.07. The second-order valence-corrected chi connectivity index (χ2v) is 7.93. The van der Waals surface area contributed by atoms with E-state index in [1.165, 1.54) is 6.07 Å². The van der Waals surface area contributed by atoms with E-state index >= 15 is 0 Å². The number of halogens is 3. The molecular formula is C18H17BrCl2N6O3. The zero-order valence-electron chi connectivity index (χ0n) is 16.0. The zero-order chi connectivity index (χ0) is 21.8. The summed E-state index contributed by atoms with van der Waals surface area (Å²) in [7, 11) is 0. The molecule has 1 aromatic carbocycles. The maximum atomic E-state index is 12.2. The molecule has 9 nitrogen and oxygen atoms in total. The van der Waals surface area contributed by atoms with Crippen molar-refractivity contribution < 1.29 is 14.1 Å². The van der Waals surface area contributed by atoms with Crippen LogP contribution >= 0.6 is 39.1 Å². The van der Waals surface area contributed by atoms with E-state index in [4.69, 9.17) is 27.7 Å². The number of amides is 2. The Balaban J connectivity index is 1.49. The molecule has 0 bridgehead atoms. The van der Waals surface area contributed by atoms with E-state index in [9.17, 15) is 9.59 Å². The van der Waals surface area contributed by atoms with Gasteiger partial charge >= 0.3 is 11.8 Å². The van der Waals surface area contributed by atoms with Gasteiger partial charge < -0.3 is 15.2 Å². The Morgan fingerprint density at radius 1 is 1.17 bits per heavy atom. The third-order valence-corrected chi connectivity index (χ3v) is 5.83. The zero-order valence-corrected chi connectivity index (χ0v) is 19.1. The van der Waals surface area contributed by atoms with Gasteiger partial charge in [-0.15, -0.1) is 0 Å². The summed E-state index contributed by atoms with van der Waals surface area (Å²) < 4.78 is 7.62. The minimum absolute atomic E-state index is 0.158. The summed E-state index contributed by atoms with van der Waals surface area (Å²) in [4.78, 5) is 28.4. The highest BCUT2D eigenvalue weighted by molar-refractivity contribution is 9.10. The Bertz CT molecular complexity index is 1100. The van der Waals surface area contributed by atoms with Gasteiger partial charge in [0.05, 0.1) is 26.4 Å². The number of nitrogens with zero attached hydrogens (tertiary/aromatic N) is 4. The van der Waals surface area contributed by atoms with Crippen LogP contribution in [-0.2, 0) is 6.54 Å². The minimum atomic E-state index is -0.543. The lowest BCUT2D eigenvalue weighted by molar-refractivity contribution is 0.0898. The largest absolute Gasteiger partial charge is 0.350 e. The fourth-order valence-corrected chi connectivity index (χ4v) is 3.23. The van der Waals surface area contributed by atoms with Crippen LogP contribution in [0, 0.1) is 13.8 Å². The smallest absolute Gasteiger partial charge is 0.316 e. The van der Waals surface area contributed by atoms with Crippen molar-refractivity contribution in [2.75, 3.05) is 13.1 Å². The van der Waals surface area contributed by atoms with Gasteiger partial charge in [0.25, 0.3) is 5.91 Å². The van der Waals surface area contributed by atoms with E-state index in [0.717, 1.165) is 15.9 Å². The fraction of sp³-hybridized carbons (Fsp3) is 0.278. The molecule has 12 heteroatoms. The predicted octanol–water partition coefficient (Wildman–Crippen LogP) is 3.16. The van der Waals surface area contributed by atoms with Gasteiger partial charge in [0, 0.05) is 18.1 Å². The standard InChI is InChI=1S/C18H17BrCl2N6O3/c1-9-15(19)10(2)27(25-9)8-14-24-18(30-26-14)17(29)23-6-5-22-16(28)12-7-11(20)3-4-13(12)21/h3-4,7H,5-6,8H2,1-2H3,(H,22,28)(H,23,29). The first-order valence-electron chi connectivity index (χ1n) is 8.79. The summed E-state index contributed by atoms with van der Waals surface area (Å²) >= 11 is 15.3. The van der Waals surface area contributed by atoms with Crippen molar-refractivity contribution in [1.29, 1.82) is 0 Å². The Morgan fingerprint density at radius 3 is 2.53 bits per heavy atom. The Hall–Kier alpha value is -2.43. The SMILES string of the molecule is Cc1nn(Cc2noc(C(=O)NCCNC(=O)c3cc(Cl)ccc3Cl)n2)c(C)c1Br. The molecule has 0 fully saturated rings. The minimum Gasteiger partial charge on any atom is -0.350 e. The molecule has 0 unspecified atom stereocenters. The number of rotatable bonds is 7. The first-order valence-corrected chi connectivity index (χ1v) is 10.3. The van der Waals surface area contributed by atoms with Crippen LogP contribution in [-0.4, -0.2) is 44.8 Å². The Kier molecular flexibility index (Phi) is 7.11. The number of hydrogen-bond acceptors (Lipinski definition) is 6. The van der Waals surface area contributed by atoms with Crippen LogP contribution in [0.3, 0.4) is 0 Å². The average molecular weight is 516 g/mol. The normalized spacial score (nSPS) is 10.8. The number of carbonyl (C=O) groups is 2. The van der Waals surface area contributed by atoms with E-state index in [1.54, 1.807) is 16.8 Å². The number of carbonyl (C=O) groups excluding carboxylic acids is 2. The maximum absolute atomic E-state index is 12.2. The molecule has 158 valence electrons. The molecule has 3 rings (SSSR count). The first-order chi connectivity index (χ1) is 14.3. The van der Waals surface area contributed by atoms with Gasteiger partial charge in [-0.05, 0) is 48.0 Å². The van der Waals surface area contributed by atoms with Gasteiger partial charge in [-0.1, -0.05) is 28.4 Å². The molecule has 0 radical (unpaired) electrons. The van der Waals surface area contributed by atoms with E-state index in [-0.39, 0.29) is 36.1 Å². The highest BCUT2D eigenvalue weighted by atomic mass is 79.9. The molecule has 3 aromatic rings. The first kappa shape index (κ1) is 22.3. The van der Waals surface area contributed by atoms with Crippen molar-refractivity contribution in [3.05, 3.63) is 61.4 Å². The molecular weight excluding hydrogens is 499 g/mol. The third-order valence-electron chi connectivity index (χ3n) is 4.12. The van der Waals surface area contributed by atoms with Crippen LogP contribution in [0.25, 0.3) is 0 Å². The van der Waals surface area contributed by atoms with E-state index < -0.39 is 11.8 Å². The van der Waals surface area contributed by atoms with E-state index in [0.29, 0.717) is 10.8 Å². The third kappa shape index (κ3) is 5.18. The molecule has 0 aliphatic carbocycles. The van der Waals surface area contributed by atoms with E-state index in [1.807, 2.05) is 13.8 Å². The highest BCUT2D eigenvalue weighted by Gasteiger charge is 2.17. The molecule has 0 atom stereocenters. The van der Waals surface area contributed by atoms with Crippen LogP contribution in [0.5, 0.6) is 0 Å². The van der Waals surface area contributed by atoms with Crippen molar-refractivity contribution in [3.8, 4) is 0 Å². The van der Waals surface area contributed by atoms with Crippen molar-refractivity contribution in [2.45, 2.75) is 20.4 Å². The fourth-order valence-electron chi connectivity index (χ4n) is 2.57. The summed E-state index contributed by atoms with van der Waals surface area (Å²) in [6.07, 6.45) is 0. The van der Waals surface area contributed by atoms with Crippen LogP contribution in [0.15, 0.2) is 27.2 Å². The predicted molar refractivity (Wildman–Crippen MR) is 114 cm³/mol. The van der Waals surface area contributed by atoms with Crippen LogP contribution < -0.4 is 10.6 Å². The molecule has 2 aromatic heterocycles. The van der Waals surface area contributed by atoms with Gasteiger partial charge in [0.2, 0.25) is 0 Å². The van der Waals surface area contributed by atoms with Gasteiger partial charge in [0.15, 0.2) is 5.82 Å². The Labute approximate surface area is 190 Å². The van der Waals surface area contributed by atoms with Crippen molar-refractivity contribution in [1.82, 2.24) is 30.6 Å². The molecule has 0 saturated carbocycles. The molecule has 0 saturated heterocycles. The lowest BCUT2D eigenvalue weighted by atomic mass is 10.2. The number of nitrogens with one attached hydrogen (secondary N) is 2. The van der Waals surface area contributed by atoms with Crippen LogP contribution in [0.2, 0.25) is 10.0 Å². The van der Waals surface area contributed by atoms with Crippen molar-refractivity contribution >= 4 is 50.9 Å². The summed E-state index contributed by atoms with van der Waals surface area (Å²) in [5.74, 6) is -0.789. The van der Waals surface area contributed by atoms with Gasteiger partial charge in [-0.3, -0.25) is 14.3 Å². The summed E-state index contributed by atoms with van der Waals surface area (Å²) in [6, 6.07) is 4.60. The second kappa shape index (κ2) is 9.59. The molecule has 2 N–H and O–H groups in total. The molecule has 2 heterocycles. The monoisotopic (exact) mass is 514 g/mol. The van der Waals surface area contributed by atoms with Crippen LogP contribution in [0.1, 0.15) is 38.3 Å². The summed E-state index contributed by atoms with van der Waals surface area (Å²) in [6.45, 7) is 4.38. The number of aryl methyl sites for hydroxylation is 1. The maximum Gasteiger partial charge on any atom is 0.316 e. The molecule has 2 amide bonds. The topological polar surface area (TPSA) is 115 Å². The molecule has 0 aliphatic heterocycles. The molecule has 30 heavy (non-hydrogen) atoms. The van der Waals surface area contributed by atoms with Gasteiger partial charge in [-0.2, -0.15) is 10.1 Å². The Morgan fingerprint density at radius 2 is 1.87 bits per heavy atom. The summed E-state index contributed by atoms with van der Waals surface area (Å²) in [5, 5.41) is 14.1. The lowest BCUT2D eigenvalue weighted by Crippen LogP contribution is -2.35. The van der Waals surface area contributed by atoms with Crippen LogP contribution in [0.4, 0.5) is 0 Å². The molecule has 0 spiro atoms. The molecule has 0 aliphatic rings. The number of aromatic nitrogens is 4.